The van der Waals surface area contributed by atoms with Gasteiger partial charge in [-0.05, 0) is 68.8 Å². The van der Waals surface area contributed by atoms with Crippen molar-refractivity contribution in [3.63, 3.8) is 0 Å². The van der Waals surface area contributed by atoms with Gasteiger partial charge in [-0.15, -0.1) is 0 Å². The van der Waals surface area contributed by atoms with Crippen LogP contribution in [-0.4, -0.2) is 54.2 Å². The Kier molecular flexibility index (Phi) is 5.72. The fraction of sp³-hybridized carbons (Fsp3) is 0.391. The number of hydrogen-bond donors (Lipinski definition) is 1. The Morgan fingerprint density at radius 1 is 1.20 bits per heavy atom. The van der Waals surface area contributed by atoms with Crippen LogP contribution in [0.2, 0.25) is 0 Å². The van der Waals surface area contributed by atoms with E-state index in [-0.39, 0.29) is 17.8 Å². The summed E-state index contributed by atoms with van der Waals surface area (Å²) < 4.78 is 24.2. The number of carbonyl (C=O) groups excluding carboxylic acids is 1. The number of nitrogens with one attached hydrogen (secondary N) is 1. The summed E-state index contributed by atoms with van der Waals surface area (Å²) in [4.78, 5) is 21.9. The molecule has 1 aliphatic heterocycles. The molecule has 0 spiro atoms. The number of pyridine rings is 1. The molecule has 2 aromatic heterocycles. The third-order valence-corrected chi connectivity index (χ3v) is 6.06. The van der Waals surface area contributed by atoms with Crippen molar-refractivity contribution in [2.24, 2.45) is 0 Å². The van der Waals surface area contributed by atoms with Crippen molar-refractivity contribution in [1.82, 2.24) is 14.9 Å². The monoisotopic (exact) mass is 411 g/mol. The number of hydrogen-bond acceptors (Lipinski definition) is 5. The summed E-state index contributed by atoms with van der Waals surface area (Å²) in [5.41, 5.74) is 3.48. The SMILES string of the molecule is COC(=O)C(C)N1CCC(c2cc3c(-c4cc(F)ccc4OC)ccnc3[nH]2)CC1. The highest BCUT2D eigenvalue weighted by atomic mass is 19.1. The van der Waals surface area contributed by atoms with Gasteiger partial charge in [0.25, 0.3) is 0 Å². The summed E-state index contributed by atoms with van der Waals surface area (Å²) in [6, 6.07) is 8.30. The number of esters is 1. The number of halogens is 1. The van der Waals surface area contributed by atoms with Crippen LogP contribution in [-0.2, 0) is 9.53 Å². The van der Waals surface area contributed by atoms with E-state index in [1.165, 1.54) is 19.2 Å². The molecule has 1 atom stereocenters. The molecule has 0 radical (unpaired) electrons. The maximum atomic E-state index is 13.9. The third kappa shape index (κ3) is 3.77. The van der Waals surface area contributed by atoms with Gasteiger partial charge in [0.15, 0.2) is 0 Å². The van der Waals surface area contributed by atoms with Gasteiger partial charge in [0.05, 0.1) is 14.2 Å². The number of aromatic amines is 1. The predicted octanol–water partition coefficient (Wildman–Crippen LogP) is 4.12. The van der Waals surface area contributed by atoms with Gasteiger partial charge in [-0.25, -0.2) is 9.37 Å². The molecule has 1 aliphatic rings. The smallest absolute Gasteiger partial charge is 0.322 e. The highest BCUT2D eigenvalue weighted by Gasteiger charge is 2.28. The molecule has 3 aromatic rings. The minimum atomic E-state index is -0.307. The Labute approximate surface area is 175 Å². The number of piperidine rings is 1. The van der Waals surface area contributed by atoms with E-state index in [0.29, 0.717) is 17.2 Å². The first-order valence-corrected chi connectivity index (χ1v) is 10.1. The van der Waals surface area contributed by atoms with Crippen LogP contribution in [0.15, 0.2) is 36.5 Å². The molecule has 7 heteroatoms. The summed E-state index contributed by atoms with van der Waals surface area (Å²) in [6.45, 7) is 3.54. The van der Waals surface area contributed by atoms with E-state index >= 15 is 0 Å². The van der Waals surface area contributed by atoms with Gasteiger partial charge in [0.1, 0.15) is 23.3 Å². The van der Waals surface area contributed by atoms with E-state index in [9.17, 15) is 9.18 Å². The number of carbonyl (C=O) groups is 1. The van der Waals surface area contributed by atoms with Crippen LogP contribution < -0.4 is 4.74 Å². The molecule has 30 heavy (non-hydrogen) atoms. The highest BCUT2D eigenvalue weighted by molar-refractivity contribution is 5.95. The number of fused-ring (bicyclic) bond motifs is 1. The molecule has 0 aliphatic carbocycles. The Morgan fingerprint density at radius 2 is 1.97 bits per heavy atom. The first kappa shape index (κ1) is 20.3. The lowest BCUT2D eigenvalue weighted by atomic mass is 9.92. The van der Waals surface area contributed by atoms with Crippen molar-refractivity contribution >= 4 is 17.0 Å². The summed E-state index contributed by atoms with van der Waals surface area (Å²) in [7, 11) is 3.01. The largest absolute Gasteiger partial charge is 0.496 e. The van der Waals surface area contributed by atoms with E-state index in [2.05, 4.69) is 20.9 Å². The normalized spacial score (nSPS) is 16.5. The molecular formula is C23H26FN3O3. The second-order valence-electron chi connectivity index (χ2n) is 7.70. The zero-order valence-corrected chi connectivity index (χ0v) is 17.4. The van der Waals surface area contributed by atoms with Crippen molar-refractivity contribution < 1.29 is 18.7 Å². The molecule has 1 aromatic carbocycles. The van der Waals surface area contributed by atoms with Crippen LogP contribution in [0, 0.1) is 5.82 Å². The average molecular weight is 411 g/mol. The van der Waals surface area contributed by atoms with Crippen LogP contribution in [0.25, 0.3) is 22.2 Å². The number of ether oxygens (including phenoxy) is 2. The molecule has 3 heterocycles. The van der Waals surface area contributed by atoms with Crippen LogP contribution >= 0.6 is 0 Å². The quantitative estimate of drug-likeness (QED) is 0.640. The summed E-state index contributed by atoms with van der Waals surface area (Å²) in [6.07, 6.45) is 3.60. The number of H-pyrrole nitrogens is 1. The van der Waals surface area contributed by atoms with Gasteiger partial charge in [-0.2, -0.15) is 0 Å². The van der Waals surface area contributed by atoms with E-state index in [4.69, 9.17) is 9.47 Å². The van der Waals surface area contributed by atoms with Crippen molar-refractivity contribution in [1.29, 1.82) is 0 Å². The summed E-state index contributed by atoms with van der Waals surface area (Å²) >= 11 is 0. The van der Waals surface area contributed by atoms with E-state index in [1.54, 1.807) is 19.4 Å². The number of likely N-dealkylation sites (tertiary alicyclic amines) is 1. The standard InChI is InChI=1S/C23H26FN3O3/c1-14(23(28)30-3)27-10-7-15(8-11-27)20-13-19-17(6-9-25-22(19)26-20)18-12-16(24)4-5-21(18)29-2/h4-6,9,12-15H,7-8,10-11H2,1-3H3,(H,25,26). The zero-order valence-electron chi connectivity index (χ0n) is 17.4. The number of benzene rings is 1. The van der Waals surface area contributed by atoms with E-state index in [1.807, 2.05) is 13.0 Å². The maximum Gasteiger partial charge on any atom is 0.322 e. The zero-order chi connectivity index (χ0) is 21.3. The Balaban J connectivity index is 1.61. The van der Waals surface area contributed by atoms with Crippen molar-refractivity contribution in [3.8, 4) is 16.9 Å². The van der Waals surface area contributed by atoms with E-state index < -0.39 is 0 Å². The molecule has 1 saturated heterocycles. The minimum absolute atomic E-state index is 0.197. The fourth-order valence-corrected chi connectivity index (χ4v) is 4.31. The van der Waals surface area contributed by atoms with Crippen LogP contribution in [0.1, 0.15) is 31.4 Å². The number of methoxy groups -OCH3 is 2. The second-order valence-corrected chi connectivity index (χ2v) is 7.70. The van der Waals surface area contributed by atoms with Gasteiger partial charge < -0.3 is 14.5 Å². The number of aromatic nitrogens is 2. The molecule has 1 N–H and O–H groups in total. The Morgan fingerprint density at radius 3 is 2.67 bits per heavy atom. The van der Waals surface area contributed by atoms with Gasteiger partial charge in [-0.3, -0.25) is 9.69 Å². The Bertz CT molecular complexity index is 1060. The van der Waals surface area contributed by atoms with Crippen LogP contribution in [0.3, 0.4) is 0 Å². The first-order valence-electron chi connectivity index (χ1n) is 10.1. The van der Waals surface area contributed by atoms with Crippen LogP contribution in [0.4, 0.5) is 4.39 Å². The van der Waals surface area contributed by atoms with Crippen molar-refractivity contribution in [3.05, 3.63) is 48.0 Å². The van der Waals surface area contributed by atoms with Gasteiger partial charge in [0, 0.05) is 28.8 Å². The summed E-state index contributed by atoms with van der Waals surface area (Å²) in [5, 5.41) is 0.946. The molecule has 4 rings (SSSR count). The van der Waals surface area contributed by atoms with Crippen molar-refractivity contribution in [2.75, 3.05) is 27.3 Å². The third-order valence-electron chi connectivity index (χ3n) is 6.06. The average Bonchev–Trinajstić information content (AvgIpc) is 3.22. The Hall–Kier alpha value is -2.93. The molecule has 1 unspecified atom stereocenters. The minimum Gasteiger partial charge on any atom is -0.496 e. The van der Waals surface area contributed by atoms with E-state index in [0.717, 1.165) is 48.2 Å². The van der Waals surface area contributed by atoms with Crippen LogP contribution in [0.5, 0.6) is 5.75 Å². The molecule has 0 bridgehead atoms. The molecule has 6 nitrogen and oxygen atoms in total. The highest BCUT2D eigenvalue weighted by Crippen LogP contribution is 2.37. The summed E-state index contributed by atoms with van der Waals surface area (Å²) in [5.74, 6) is 0.467. The van der Waals surface area contributed by atoms with Gasteiger partial charge in [-0.1, -0.05) is 0 Å². The molecule has 0 amide bonds. The molecule has 0 saturated carbocycles. The van der Waals surface area contributed by atoms with Crippen molar-refractivity contribution in [2.45, 2.75) is 31.7 Å². The topological polar surface area (TPSA) is 67.4 Å². The maximum absolute atomic E-state index is 13.9. The predicted molar refractivity (Wildman–Crippen MR) is 113 cm³/mol. The van der Waals surface area contributed by atoms with Gasteiger partial charge in [0.2, 0.25) is 0 Å². The lowest BCUT2D eigenvalue weighted by Crippen LogP contribution is -2.44. The lowest BCUT2D eigenvalue weighted by Gasteiger charge is -2.34. The van der Waals surface area contributed by atoms with Gasteiger partial charge >= 0.3 is 5.97 Å². The number of rotatable bonds is 5. The lowest BCUT2D eigenvalue weighted by molar-refractivity contribution is -0.146. The fourth-order valence-electron chi connectivity index (χ4n) is 4.31. The molecular weight excluding hydrogens is 385 g/mol. The molecule has 1 fully saturated rings. The first-order chi connectivity index (χ1) is 14.5. The second kappa shape index (κ2) is 8.44. The molecule has 158 valence electrons. The number of nitrogens with zero attached hydrogens (tertiary/aromatic N) is 2.